The van der Waals surface area contributed by atoms with E-state index in [2.05, 4.69) is 30.8 Å². The number of nitrogens with two attached hydrogens (primary N) is 1. The summed E-state index contributed by atoms with van der Waals surface area (Å²) in [6, 6.07) is 13.1. The highest BCUT2D eigenvalue weighted by atomic mass is 16.5. The number of pyridine rings is 1. The predicted octanol–water partition coefficient (Wildman–Crippen LogP) is 1.34. The topological polar surface area (TPSA) is 151 Å². The van der Waals surface area contributed by atoms with Crippen molar-refractivity contribution in [2.45, 2.75) is 25.4 Å². The number of benzene rings is 1. The van der Waals surface area contributed by atoms with Gasteiger partial charge in [0.2, 0.25) is 5.95 Å². The summed E-state index contributed by atoms with van der Waals surface area (Å²) in [5, 5.41) is 15.0. The molecule has 5 rings (SSSR count). The third kappa shape index (κ3) is 6.21. The first-order chi connectivity index (χ1) is 18.6. The zero-order valence-electron chi connectivity index (χ0n) is 21.0. The fourth-order valence-corrected chi connectivity index (χ4v) is 4.56. The van der Waals surface area contributed by atoms with Gasteiger partial charge in [-0.05, 0) is 49.2 Å². The molecule has 2 aliphatic rings. The van der Waals surface area contributed by atoms with Gasteiger partial charge in [-0.25, -0.2) is 0 Å². The van der Waals surface area contributed by atoms with Crippen molar-refractivity contribution in [1.82, 2.24) is 30.4 Å². The van der Waals surface area contributed by atoms with Gasteiger partial charge in [-0.2, -0.15) is 4.98 Å². The van der Waals surface area contributed by atoms with E-state index in [0.717, 1.165) is 25.1 Å². The van der Waals surface area contributed by atoms with E-state index in [0.29, 0.717) is 56.6 Å². The van der Waals surface area contributed by atoms with Gasteiger partial charge in [-0.1, -0.05) is 6.07 Å². The number of aromatic nitrogens is 4. The van der Waals surface area contributed by atoms with Crippen LogP contribution in [0.25, 0.3) is 0 Å². The van der Waals surface area contributed by atoms with Crippen LogP contribution in [0.5, 0.6) is 0 Å². The van der Waals surface area contributed by atoms with Gasteiger partial charge < -0.3 is 30.9 Å². The fraction of sp³-hybridized carbons (Fsp3) is 0.385. The number of primary amides is 1. The molecule has 0 bridgehead atoms. The van der Waals surface area contributed by atoms with Gasteiger partial charge in [0, 0.05) is 56.2 Å². The number of morpholine rings is 1. The first-order valence-corrected chi connectivity index (χ1v) is 12.7. The molecule has 2 aromatic heterocycles. The van der Waals surface area contributed by atoms with E-state index in [1.54, 1.807) is 35.4 Å². The molecule has 2 saturated heterocycles. The molecule has 4 N–H and O–H groups in total. The molecule has 0 spiro atoms. The molecule has 0 unspecified atom stereocenters. The average molecular weight is 518 g/mol. The van der Waals surface area contributed by atoms with Crippen molar-refractivity contribution in [2.75, 3.05) is 49.6 Å². The Bertz CT molecular complexity index is 1250. The maximum Gasteiger partial charge on any atom is 0.273 e. The molecular weight excluding hydrogens is 486 g/mol. The van der Waals surface area contributed by atoms with Crippen molar-refractivity contribution >= 4 is 29.3 Å². The summed E-state index contributed by atoms with van der Waals surface area (Å²) in [6.07, 6.45) is 3.77. The Morgan fingerprint density at radius 2 is 1.87 bits per heavy atom. The van der Waals surface area contributed by atoms with Crippen LogP contribution < -0.4 is 21.3 Å². The number of ether oxygens (including phenoxy) is 1. The number of carbonyl (C=O) groups is 2. The Hall–Kier alpha value is -4.16. The number of piperidine rings is 1. The normalized spacial score (nSPS) is 17.7. The Morgan fingerprint density at radius 1 is 1.05 bits per heavy atom. The summed E-state index contributed by atoms with van der Waals surface area (Å²) in [4.78, 5) is 37.6. The number of hydrogen-bond donors (Lipinski definition) is 3. The third-order valence-electron chi connectivity index (χ3n) is 6.60. The lowest BCUT2D eigenvalue weighted by Crippen LogP contribution is -2.46. The highest BCUT2D eigenvalue weighted by Crippen LogP contribution is 2.22. The highest BCUT2D eigenvalue weighted by molar-refractivity contribution is 5.97. The highest BCUT2D eigenvalue weighted by Gasteiger charge is 2.24. The number of carbonyl (C=O) groups excluding carboxylic acids is 2. The second-order valence-electron chi connectivity index (χ2n) is 9.27. The molecule has 4 heterocycles. The van der Waals surface area contributed by atoms with Crippen LogP contribution in [-0.4, -0.2) is 82.3 Å². The summed E-state index contributed by atoms with van der Waals surface area (Å²) < 4.78 is 5.32. The molecule has 2 fully saturated rings. The van der Waals surface area contributed by atoms with E-state index in [4.69, 9.17) is 10.5 Å². The molecule has 2 aliphatic heterocycles. The number of nitrogens with one attached hydrogen (secondary N) is 2. The van der Waals surface area contributed by atoms with Crippen LogP contribution in [-0.2, 0) is 11.3 Å². The molecule has 3 aromatic rings. The molecule has 0 aliphatic carbocycles. The van der Waals surface area contributed by atoms with Crippen molar-refractivity contribution in [2.24, 2.45) is 5.73 Å². The zero-order valence-corrected chi connectivity index (χ0v) is 21.0. The van der Waals surface area contributed by atoms with E-state index in [-0.39, 0.29) is 23.5 Å². The van der Waals surface area contributed by atoms with Gasteiger partial charge in [-0.3, -0.25) is 14.6 Å². The molecule has 2 amide bonds. The van der Waals surface area contributed by atoms with Crippen molar-refractivity contribution in [1.29, 1.82) is 0 Å². The minimum Gasteiger partial charge on any atom is -0.378 e. The van der Waals surface area contributed by atoms with Crippen molar-refractivity contribution < 1.29 is 14.3 Å². The second-order valence-corrected chi connectivity index (χ2v) is 9.27. The first-order valence-electron chi connectivity index (χ1n) is 12.7. The molecule has 1 atom stereocenters. The van der Waals surface area contributed by atoms with Crippen molar-refractivity contribution in [3.05, 3.63) is 65.6 Å². The van der Waals surface area contributed by atoms with Crippen LogP contribution in [0.4, 0.5) is 17.5 Å². The predicted molar refractivity (Wildman–Crippen MR) is 141 cm³/mol. The lowest BCUT2D eigenvalue weighted by molar-refractivity contribution is 0.0303. The van der Waals surface area contributed by atoms with Crippen LogP contribution >= 0.6 is 0 Å². The summed E-state index contributed by atoms with van der Waals surface area (Å²) in [6.45, 7) is 4.39. The number of rotatable bonds is 8. The third-order valence-corrected chi connectivity index (χ3v) is 6.60. The lowest BCUT2D eigenvalue weighted by Gasteiger charge is -2.33. The Kier molecular flexibility index (Phi) is 8.00. The minimum absolute atomic E-state index is 0.0417. The molecular formula is C26H31N9O3. The van der Waals surface area contributed by atoms with E-state index < -0.39 is 5.91 Å². The van der Waals surface area contributed by atoms with Gasteiger partial charge in [-0.15, -0.1) is 10.2 Å². The number of nitrogens with zero attached hydrogens (tertiary/aromatic N) is 6. The first kappa shape index (κ1) is 25.5. The van der Waals surface area contributed by atoms with Crippen molar-refractivity contribution in [3.63, 3.8) is 0 Å². The maximum atomic E-state index is 12.7. The van der Waals surface area contributed by atoms with Crippen molar-refractivity contribution in [3.8, 4) is 0 Å². The van der Waals surface area contributed by atoms with E-state index in [1.165, 1.54) is 0 Å². The van der Waals surface area contributed by atoms with E-state index >= 15 is 0 Å². The number of hydrogen-bond acceptors (Lipinski definition) is 10. The van der Waals surface area contributed by atoms with E-state index in [9.17, 15) is 9.59 Å². The monoisotopic (exact) mass is 517 g/mol. The van der Waals surface area contributed by atoms with Crippen LogP contribution in [0, 0.1) is 0 Å². The minimum atomic E-state index is -0.730. The summed E-state index contributed by atoms with van der Waals surface area (Å²) in [7, 11) is 0. The molecule has 0 saturated carbocycles. The quantitative estimate of drug-likeness (QED) is 0.399. The summed E-state index contributed by atoms with van der Waals surface area (Å²) >= 11 is 0. The largest absolute Gasteiger partial charge is 0.378 e. The van der Waals surface area contributed by atoms with Crippen LogP contribution in [0.15, 0.2) is 48.7 Å². The van der Waals surface area contributed by atoms with Gasteiger partial charge >= 0.3 is 0 Å². The summed E-state index contributed by atoms with van der Waals surface area (Å²) in [5.74, 6) is -0.133. The van der Waals surface area contributed by atoms with Crippen LogP contribution in [0.3, 0.4) is 0 Å². The van der Waals surface area contributed by atoms with Gasteiger partial charge in [0.05, 0.1) is 18.9 Å². The smallest absolute Gasteiger partial charge is 0.273 e. The van der Waals surface area contributed by atoms with Gasteiger partial charge in [0.15, 0.2) is 11.5 Å². The molecule has 0 radical (unpaired) electrons. The van der Waals surface area contributed by atoms with Gasteiger partial charge in [0.1, 0.15) is 0 Å². The Morgan fingerprint density at radius 3 is 2.61 bits per heavy atom. The number of amides is 2. The summed E-state index contributed by atoms with van der Waals surface area (Å²) in [5.41, 5.74) is 7.70. The van der Waals surface area contributed by atoms with Crippen LogP contribution in [0.1, 0.15) is 39.4 Å². The molecule has 38 heavy (non-hydrogen) atoms. The molecule has 12 nitrogen and oxygen atoms in total. The second kappa shape index (κ2) is 11.9. The maximum absolute atomic E-state index is 12.7. The number of anilines is 3. The Labute approximate surface area is 220 Å². The standard InChI is InChI=1S/C26H31N9O3/c27-23(36)22-24(30-19-8-6-18(7-9-19)25(37)34-12-14-38-15-13-34)31-26(33-32-22)35-11-3-5-21(17-35)29-16-20-4-1-2-10-28-20/h1-2,4,6-10,21,29H,3,5,11-17H2,(H2,27,36)(H,30,31,33)/t21-/m1/s1. The van der Waals surface area contributed by atoms with Gasteiger partial charge in [0.25, 0.3) is 11.8 Å². The molecule has 12 heteroatoms. The lowest BCUT2D eigenvalue weighted by atomic mass is 10.1. The van der Waals surface area contributed by atoms with Crippen LogP contribution in [0.2, 0.25) is 0 Å². The average Bonchev–Trinajstić information content (AvgIpc) is 2.97. The fourth-order valence-electron chi connectivity index (χ4n) is 4.56. The Balaban J connectivity index is 1.27. The molecule has 198 valence electrons. The molecule has 1 aromatic carbocycles. The zero-order chi connectivity index (χ0) is 26.3. The SMILES string of the molecule is NC(=O)c1nnc(N2CCC[C@@H](NCc3ccccn3)C2)nc1Nc1ccc(C(=O)N2CCOCC2)cc1. The van der Waals surface area contributed by atoms with E-state index in [1.807, 2.05) is 23.1 Å².